The average Bonchev–Trinajstić information content (AvgIpc) is 3.06. The molecular formula is C16H16N2OS. The highest BCUT2D eigenvalue weighted by Crippen LogP contribution is 2.42. The lowest BCUT2D eigenvalue weighted by Crippen LogP contribution is -2.32. The van der Waals surface area contributed by atoms with Gasteiger partial charge in [0.1, 0.15) is 0 Å². The highest BCUT2D eigenvalue weighted by molar-refractivity contribution is 7.08. The summed E-state index contributed by atoms with van der Waals surface area (Å²) in [5.41, 5.74) is 3.68. The Labute approximate surface area is 122 Å². The van der Waals surface area contributed by atoms with E-state index in [1.165, 1.54) is 11.1 Å². The normalized spacial score (nSPS) is 25.1. The molecule has 2 aliphatic heterocycles. The number of likely N-dealkylation sites (tertiary alicyclic amines) is 1. The number of carbonyl (C=O) groups excluding carboxylic acids is 1. The van der Waals surface area contributed by atoms with Gasteiger partial charge in [-0.2, -0.15) is 0 Å². The Kier molecular flexibility index (Phi) is 2.86. The average molecular weight is 284 g/mol. The van der Waals surface area contributed by atoms with E-state index < -0.39 is 0 Å². The van der Waals surface area contributed by atoms with Gasteiger partial charge >= 0.3 is 0 Å². The molecule has 102 valence electrons. The number of amides is 1. The second kappa shape index (κ2) is 4.72. The van der Waals surface area contributed by atoms with Crippen LogP contribution in [-0.2, 0) is 11.3 Å². The largest absolute Gasteiger partial charge is 0.325 e. The van der Waals surface area contributed by atoms with Crippen LogP contribution >= 0.6 is 11.3 Å². The molecular weight excluding hydrogens is 268 g/mol. The number of carbonyl (C=O) groups is 1. The van der Waals surface area contributed by atoms with Crippen molar-refractivity contribution in [2.75, 3.05) is 18.4 Å². The van der Waals surface area contributed by atoms with E-state index in [9.17, 15) is 4.79 Å². The number of anilines is 1. The SMILES string of the molecule is O=C1Nc2cscc2[C@@H]2CN(Cc3ccccc3)C[C@@H]12. The van der Waals surface area contributed by atoms with Crippen LogP contribution in [0.25, 0.3) is 0 Å². The van der Waals surface area contributed by atoms with Crippen molar-refractivity contribution in [2.45, 2.75) is 12.5 Å². The minimum atomic E-state index is 0.112. The van der Waals surface area contributed by atoms with Gasteiger partial charge in [0.25, 0.3) is 0 Å². The summed E-state index contributed by atoms with van der Waals surface area (Å²) in [6.07, 6.45) is 0. The zero-order chi connectivity index (χ0) is 13.5. The molecule has 1 fully saturated rings. The number of hydrogen-bond acceptors (Lipinski definition) is 3. The van der Waals surface area contributed by atoms with Crippen LogP contribution in [0.4, 0.5) is 5.69 Å². The minimum absolute atomic E-state index is 0.112. The maximum Gasteiger partial charge on any atom is 0.229 e. The molecule has 4 heteroatoms. The topological polar surface area (TPSA) is 32.3 Å². The molecule has 0 unspecified atom stereocenters. The zero-order valence-corrected chi connectivity index (χ0v) is 11.9. The fourth-order valence-electron chi connectivity index (χ4n) is 3.36. The van der Waals surface area contributed by atoms with Crippen LogP contribution in [0.3, 0.4) is 0 Å². The van der Waals surface area contributed by atoms with Crippen molar-refractivity contribution in [3.05, 3.63) is 52.2 Å². The second-order valence-electron chi connectivity index (χ2n) is 5.62. The Morgan fingerprint density at radius 1 is 1.15 bits per heavy atom. The van der Waals surface area contributed by atoms with Gasteiger partial charge in [-0.05, 0) is 16.5 Å². The molecule has 4 rings (SSSR count). The first-order valence-electron chi connectivity index (χ1n) is 6.94. The predicted molar refractivity (Wildman–Crippen MR) is 80.9 cm³/mol. The van der Waals surface area contributed by atoms with Crippen molar-refractivity contribution in [3.63, 3.8) is 0 Å². The number of hydrogen-bond donors (Lipinski definition) is 1. The fraction of sp³-hybridized carbons (Fsp3) is 0.312. The molecule has 0 spiro atoms. The Morgan fingerprint density at radius 3 is 2.80 bits per heavy atom. The molecule has 0 bridgehead atoms. The third-order valence-electron chi connectivity index (χ3n) is 4.33. The van der Waals surface area contributed by atoms with Crippen molar-refractivity contribution in [1.82, 2.24) is 4.90 Å². The monoisotopic (exact) mass is 284 g/mol. The summed E-state index contributed by atoms with van der Waals surface area (Å²) in [5.74, 6) is 0.672. The van der Waals surface area contributed by atoms with Crippen LogP contribution in [0.1, 0.15) is 17.0 Å². The predicted octanol–water partition coefficient (Wildman–Crippen LogP) is 2.92. The molecule has 2 aliphatic rings. The molecule has 1 amide bonds. The van der Waals surface area contributed by atoms with E-state index >= 15 is 0 Å². The number of nitrogens with zero attached hydrogens (tertiary/aromatic N) is 1. The van der Waals surface area contributed by atoms with Crippen molar-refractivity contribution >= 4 is 22.9 Å². The maximum absolute atomic E-state index is 12.2. The molecule has 1 N–H and O–H groups in total. The molecule has 1 saturated heterocycles. The lowest BCUT2D eigenvalue weighted by Gasteiger charge is -2.24. The van der Waals surface area contributed by atoms with E-state index in [2.05, 4.69) is 39.9 Å². The number of nitrogens with one attached hydrogen (secondary N) is 1. The Morgan fingerprint density at radius 2 is 1.95 bits per heavy atom. The molecule has 2 atom stereocenters. The summed E-state index contributed by atoms with van der Waals surface area (Å²) >= 11 is 1.68. The standard InChI is InChI=1S/C16H16N2OS/c19-16-13-8-18(6-11-4-2-1-3-5-11)7-12(13)14-9-20-10-15(14)17-16/h1-5,9-10,12-13H,6-8H2,(H,17,19)/t12-,13-/m1/s1. The van der Waals surface area contributed by atoms with E-state index in [1.54, 1.807) is 11.3 Å². The van der Waals surface area contributed by atoms with Gasteiger partial charge in [-0.25, -0.2) is 0 Å². The summed E-state index contributed by atoms with van der Waals surface area (Å²) in [6, 6.07) is 10.5. The highest BCUT2D eigenvalue weighted by atomic mass is 32.1. The van der Waals surface area contributed by atoms with Gasteiger partial charge < -0.3 is 5.32 Å². The van der Waals surface area contributed by atoms with Crippen molar-refractivity contribution in [3.8, 4) is 0 Å². The Bertz CT molecular complexity index is 637. The van der Waals surface area contributed by atoms with Gasteiger partial charge in [0, 0.05) is 30.9 Å². The highest BCUT2D eigenvalue weighted by Gasteiger charge is 2.42. The number of rotatable bonds is 2. The van der Waals surface area contributed by atoms with Gasteiger partial charge in [-0.3, -0.25) is 9.69 Å². The van der Waals surface area contributed by atoms with E-state index in [0.29, 0.717) is 5.92 Å². The molecule has 0 aliphatic carbocycles. The first-order valence-corrected chi connectivity index (χ1v) is 7.89. The molecule has 1 aromatic heterocycles. The zero-order valence-electron chi connectivity index (χ0n) is 11.1. The van der Waals surface area contributed by atoms with Crippen molar-refractivity contribution in [1.29, 1.82) is 0 Å². The van der Waals surface area contributed by atoms with Crippen LogP contribution in [0.2, 0.25) is 0 Å². The second-order valence-corrected chi connectivity index (χ2v) is 6.37. The third-order valence-corrected chi connectivity index (χ3v) is 5.09. The first kappa shape index (κ1) is 12.1. The summed E-state index contributed by atoms with van der Waals surface area (Å²) in [4.78, 5) is 14.6. The number of benzene rings is 1. The quantitative estimate of drug-likeness (QED) is 0.919. The fourth-order valence-corrected chi connectivity index (χ4v) is 4.21. The summed E-state index contributed by atoms with van der Waals surface area (Å²) in [6.45, 7) is 2.78. The van der Waals surface area contributed by atoms with Gasteiger partial charge in [-0.1, -0.05) is 30.3 Å². The summed E-state index contributed by atoms with van der Waals surface area (Å²) in [5, 5.41) is 7.28. The van der Waals surface area contributed by atoms with Crippen molar-refractivity contribution < 1.29 is 4.79 Å². The number of fused-ring (bicyclic) bond motifs is 3. The molecule has 3 nitrogen and oxygen atoms in total. The summed E-state index contributed by atoms with van der Waals surface area (Å²) < 4.78 is 0. The molecule has 3 heterocycles. The van der Waals surface area contributed by atoms with E-state index in [-0.39, 0.29) is 11.8 Å². The number of thiophene rings is 1. The van der Waals surface area contributed by atoms with Crippen LogP contribution in [0.5, 0.6) is 0 Å². The molecule has 20 heavy (non-hydrogen) atoms. The van der Waals surface area contributed by atoms with Crippen LogP contribution in [0, 0.1) is 5.92 Å². The van der Waals surface area contributed by atoms with Crippen molar-refractivity contribution in [2.24, 2.45) is 5.92 Å². The summed E-state index contributed by atoms with van der Waals surface area (Å²) in [7, 11) is 0. The van der Waals surface area contributed by atoms with Gasteiger partial charge in [0.2, 0.25) is 5.91 Å². The van der Waals surface area contributed by atoms with Crippen LogP contribution in [-0.4, -0.2) is 23.9 Å². The van der Waals surface area contributed by atoms with Crippen LogP contribution < -0.4 is 5.32 Å². The van der Waals surface area contributed by atoms with Crippen LogP contribution in [0.15, 0.2) is 41.1 Å². The Hall–Kier alpha value is -1.65. The molecule has 0 radical (unpaired) electrons. The lowest BCUT2D eigenvalue weighted by atomic mass is 9.86. The van der Waals surface area contributed by atoms with E-state index in [0.717, 1.165) is 25.3 Å². The van der Waals surface area contributed by atoms with Gasteiger partial charge in [-0.15, -0.1) is 11.3 Å². The lowest BCUT2D eigenvalue weighted by molar-refractivity contribution is -0.120. The third kappa shape index (κ3) is 1.96. The van der Waals surface area contributed by atoms with E-state index in [1.807, 2.05) is 11.4 Å². The molecule has 2 aromatic rings. The van der Waals surface area contributed by atoms with Gasteiger partial charge in [0.05, 0.1) is 11.6 Å². The molecule has 1 aromatic carbocycles. The minimum Gasteiger partial charge on any atom is -0.325 e. The first-order chi connectivity index (χ1) is 9.81. The van der Waals surface area contributed by atoms with Gasteiger partial charge in [0.15, 0.2) is 0 Å². The van der Waals surface area contributed by atoms with E-state index in [4.69, 9.17) is 0 Å². The Balaban J connectivity index is 1.57. The maximum atomic E-state index is 12.2. The molecule has 0 saturated carbocycles. The smallest absolute Gasteiger partial charge is 0.229 e.